The summed E-state index contributed by atoms with van der Waals surface area (Å²) in [5, 5.41) is 0. The number of benzene rings is 2. The van der Waals surface area contributed by atoms with Crippen LogP contribution in [0.4, 0.5) is 0 Å². The molecule has 1 unspecified atom stereocenters. The lowest BCUT2D eigenvalue weighted by molar-refractivity contribution is -0.140. The van der Waals surface area contributed by atoms with Crippen LogP contribution in [0.25, 0.3) is 6.08 Å². The summed E-state index contributed by atoms with van der Waals surface area (Å²) in [6, 6.07) is 10.7. The van der Waals surface area contributed by atoms with Crippen molar-refractivity contribution in [3.63, 3.8) is 0 Å². The maximum Gasteiger partial charge on any atom is 0.338 e. The molecule has 2 aromatic carbocycles. The van der Waals surface area contributed by atoms with Crippen LogP contribution in [0.3, 0.4) is 0 Å². The molecule has 1 aromatic heterocycles. The molecule has 0 radical (unpaired) electrons. The molecule has 39 heavy (non-hydrogen) atoms. The Labute approximate surface area is 235 Å². The Morgan fingerprint density at radius 3 is 2.28 bits per heavy atom. The average molecular weight is 569 g/mol. The molecule has 4 rings (SSSR count). The van der Waals surface area contributed by atoms with Crippen molar-refractivity contribution in [1.29, 1.82) is 0 Å². The van der Waals surface area contributed by atoms with Crippen molar-refractivity contribution in [3.8, 4) is 17.2 Å². The number of hydrogen-bond acceptors (Lipinski definition) is 9. The van der Waals surface area contributed by atoms with Crippen molar-refractivity contribution in [2.24, 2.45) is 10.9 Å². The van der Waals surface area contributed by atoms with Crippen LogP contribution in [0.5, 0.6) is 17.2 Å². The fraction of sp³-hybridized carbons (Fsp3) is 0.345. The molecule has 1 aliphatic rings. The van der Waals surface area contributed by atoms with Gasteiger partial charge in [0.1, 0.15) is 0 Å². The zero-order valence-electron chi connectivity index (χ0n) is 23.1. The molecule has 0 bridgehead atoms. The fourth-order valence-electron chi connectivity index (χ4n) is 4.34. The van der Waals surface area contributed by atoms with Crippen LogP contribution in [-0.2, 0) is 9.53 Å². The molecule has 0 spiro atoms. The van der Waals surface area contributed by atoms with Gasteiger partial charge in [-0.15, -0.1) is 11.8 Å². The average Bonchev–Trinajstić information content (AvgIpc) is 3.24. The fourth-order valence-corrected chi connectivity index (χ4v) is 5.80. The van der Waals surface area contributed by atoms with Gasteiger partial charge in [-0.2, -0.15) is 0 Å². The molecule has 2 heterocycles. The SMILES string of the molecule is COc1cc(C=c2sc3n(c2=O)C(c2ccc(SC)cc2)C(C(=O)OCC(C)C)=C(C)N=3)cc(OC)c1OC. The Morgan fingerprint density at radius 1 is 1.10 bits per heavy atom. The zero-order valence-corrected chi connectivity index (χ0v) is 24.7. The number of allylic oxidation sites excluding steroid dienone is 1. The quantitative estimate of drug-likeness (QED) is 0.283. The van der Waals surface area contributed by atoms with Crippen LogP contribution < -0.4 is 29.1 Å². The Bertz CT molecular complexity index is 1560. The second-order valence-corrected chi connectivity index (χ2v) is 11.2. The Kier molecular flexibility index (Phi) is 8.87. The molecule has 0 amide bonds. The summed E-state index contributed by atoms with van der Waals surface area (Å²) < 4.78 is 24.0. The van der Waals surface area contributed by atoms with Gasteiger partial charge in [0.15, 0.2) is 16.3 Å². The predicted octanol–water partition coefficient (Wildman–Crippen LogP) is 4.18. The lowest BCUT2D eigenvalue weighted by Gasteiger charge is -2.25. The second-order valence-electron chi connectivity index (χ2n) is 9.31. The Hall–Kier alpha value is -3.50. The van der Waals surface area contributed by atoms with Crippen molar-refractivity contribution < 1.29 is 23.7 Å². The first kappa shape index (κ1) is 28.5. The number of nitrogens with zero attached hydrogens (tertiary/aromatic N) is 2. The van der Waals surface area contributed by atoms with E-state index in [4.69, 9.17) is 18.9 Å². The molecule has 8 nitrogen and oxygen atoms in total. The van der Waals surface area contributed by atoms with Gasteiger partial charge < -0.3 is 18.9 Å². The number of thiazole rings is 1. The van der Waals surface area contributed by atoms with E-state index in [2.05, 4.69) is 4.99 Å². The number of ether oxygens (including phenoxy) is 4. The van der Waals surface area contributed by atoms with E-state index >= 15 is 0 Å². The molecule has 0 saturated carbocycles. The van der Waals surface area contributed by atoms with Gasteiger partial charge in [-0.05, 0) is 60.6 Å². The summed E-state index contributed by atoms with van der Waals surface area (Å²) in [5.74, 6) is 1.13. The summed E-state index contributed by atoms with van der Waals surface area (Å²) in [6.07, 6.45) is 3.76. The molecule has 3 aromatic rings. The highest BCUT2D eigenvalue weighted by Gasteiger charge is 2.33. The molecule has 0 fully saturated rings. The van der Waals surface area contributed by atoms with Crippen LogP contribution in [0.15, 0.2) is 62.4 Å². The van der Waals surface area contributed by atoms with Crippen molar-refractivity contribution in [3.05, 3.63) is 78.5 Å². The Balaban J connectivity index is 1.91. The minimum Gasteiger partial charge on any atom is -0.493 e. The predicted molar refractivity (Wildman–Crippen MR) is 154 cm³/mol. The van der Waals surface area contributed by atoms with Crippen molar-refractivity contribution >= 4 is 35.1 Å². The summed E-state index contributed by atoms with van der Waals surface area (Å²) in [6.45, 7) is 6.01. The van der Waals surface area contributed by atoms with Crippen molar-refractivity contribution in [2.45, 2.75) is 31.7 Å². The number of methoxy groups -OCH3 is 3. The number of fused-ring (bicyclic) bond motifs is 1. The lowest BCUT2D eigenvalue weighted by atomic mass is 9.96. The van der Waals surface area contributed by atoms with E-state index < -0.39 is 12.0 Å². The highest BCUT2D eigenvalue weighted by atomic mass is 32.2. The van der Waals surface area contributed by atoms with Crippen LogP contribution >= 0.6 is 23.1 Å². The van der Waals surface area contributed by atoms with E-state index in [1.165, 1.54) is 18.4 Å². The van der Waals surface area contributed by atoms with E-state index in [-0.39, 0.29) is 18.1 Å². The van der Waals surface area contributed by atoms with Gasteiger partial charge in [-0.25, -0.2) is 9.79 Å². The maximum atomic E-state index is 13.9. The van der Waals surface area contributed by atoms with Gasteiger partial charge in [0.2, 0.25) is 5.75 Å². The van der Waals surface area contributed by atoms with Gasteiger partial charge in [0.05, 0.1) is 49.8 Å². The van der Waals surface area contributed by atoms with Crippen LogP contribution in [0, 0.1) is 5.92 Å². The van der Waals surface area contributed by atoms with Crippen LogP contribution in [-0.4, -0.2) is 44.7 Å². The van der Waals surface area contributed by atoms with Gasteiger partial charge >= 0.3 is 5.97 Å². The molecule has 1 aliphatic heterocycles. The third-order valence-electron chi connectivity index (χ3n) is 6.21. The first-order valence-electron chi connectivity index (χ1n) is 12.4. The summed E-state index contributed by atoms with van der Waals surface area (Å²) in [5.41, 5.74) is 2.14. The normalized spacial score (nSPS) is 15.2. The summed E-state index contributed by atoms with van der Waals surface area (Å²) in [7, 11) is 4.62. The first-order chi connectivity index (χ1) is 18.7. The highest BCUT2D eigenvalue weighted by molar-refractivity contribution is 7.98. The number of hydrogen-bond donors (Lipinski definition) is 0. The maximum absolute atomic E-state index is 13.9. The number of esters is 1. The summed E-state index contributed by atoms with van der Waals surface area (Å²) >= 11 is 2.88. The van der Waals surface area contributed by atoms with Crippen molar-refractivity contribution in [2.75, 3.05) is 34.2 Å². The van der Waals surface area contributed by atoms with Gasteiger partial charge in [0.25, 0.3) is 5.56 Å². The Morgan fingerprint density at radius 2 is 1.74 bits per heavy atom. The van der Waals surface area contributed by atoms with E-state index in [0.29, 0.717) is 43.4 Å². The standard InChI is InChI=1S/C29H32N2O6S2/c1-16(2)15-37-28(33)24-17(3)30-29-31(25(24)19-8-10-20(38-7)11-9-19)27(32)23(39-29)14-18-12-21(34-4)26(36-6)22(13-18)35-5/h8-14,16,25H,15H2,1-7H3. The number of rotatable bonds is 9. The first-order valence-corrected chi connectivity index (χ1v) is 14.4. The zero-order chi connectivity index (χ0) is 28.3. The molecule has 206 valence electrons. The van der Waals surface area contributed by atoms with Gasteiger partial charge in [-0.3, -0.25) is 9.36 Å². The molecule has 0 saturated heterocycles. The molecule has 0 N–H and O–H groups in total. The minimum atomic E-state index is -0.668. The molecular formula is C29H32N2O6S2. The number of aromatic nitrogens is 1. The van der Waals surface area contributed by atoms with E-state index in [1.807, 2.05) is 44.4 Å². The third kappa shape index (κ3) is 5.77. The van der Waals surface area contributed by atoms with Crippen molar-refractivity contribution in [1.82, 2.24) is 4.57 Å². The molecule has 0 aliphatic carbocycles. The molecule has 10 heteroatoms. The molecule has 1 atom stereocenters. The summed E-state index contributed by atoms with van der Waals surface area (Å²) in [4.78, 5) is 33.5. The minimum absolute atomic E-state index is 0.175. The number of thioether (sulfide) groups is 1. The smallest absolute Gasteiger partial charge is 0.338 e. The topological polar surface area (TPSA) is 88.4 Å². The van der Waals surface area contributed by atoms with E-state index in [1.54, 1.807) is 55.7 Å². The largest absolute Gasteiger partial charge is 0.493 e. The monoisotopic (exact) mass is 568 g/mol. The van der Waals surface area contributed by atoms with E-state index in [9.17, 15) is 9.59 Å². The van der Waals surface area contributed by atoms with Crippen LogP contribution in [0.1, 0.15) is 37.9 Å². The number of carbonyl (C=O) groups excluding carboxylic acids is 1. The van der Waals surface area contributed by atoms with Crippen LogP contribution in [0.2, 0.25) is 0 Å². The third-order valence-corrected chi connectivity index (χ3v) is 7.93. The molecular weight excluding hydrogens is 536 g/mol. The van der Waals surface area contributed by atoms with E-state index in [0.717, 1.165) is 10.5 Å². The lowest BCUT2D eigenvalue weighted by Crippen LogP contribution is -2.40. The van der Waals surface area contributed by atoms with Gasteiger partial charge in [-0.1, -0.05) is 37.3 Å². The number of carbonyl (C=O) groups is 1. The second kappa shape index (κ2) is 12.1. The highest BCUT2D eigenvalue weighted by Crippen LogP contribution is 2.38. The van der Waals surface area contributed by atoms with Gasteiger partial charge in [0, 0.05) is 4.90 Å².